The van der Waals surface area contributed by atoms with Gasteiger partial charge in [-0.2, -0.15) is 0 Å². The number of hydrogen-bond donors (Lipinski definition) is 1. The van der Waals surface area contributed by atoms with Crippen molar-refractivity contribution in [2.75, 3.05) is 7.05 Å². The summed E-state index contributed by atoms with van der Waals surface area (Å²) in [6.07, 6.45) is 0.204. The standard InChI is InChI=1S/C16H17NO3/c1-11(16(19)20)17(2)15(18)10-13-8-5-7-12-6-3-4-9-14(12)13/h3-9,11H,10H2,1-2H3,(H,19,20). The average Bonchev–Trinajstić information content (AvgIpc) is 2.46. The topological polar surface area (TPSA) is 57.6 Å². The van der Waals surface area contributed by atoms with Crippen molar-refractivity contribution in [3.63, 3.8) is 0 Å². The van der Waals surface area contributed by atoms with Crippen LogP contribution in [-0.2, 0) is 16.0 Å². The zero-order valence-electron chi connectivity index (χ0n) is 11.5. The molecule has 1 amide bonds. The largest absolute Gasteiger partial charge is 0.480 e. The van der Waals surface area contributed by atoms with E-state index >= 15 is 0 Å². The predicted octanol–water partition coefficient (Wildman–Crippen LogP) is 2.31. The summed E-state index contributed by atoms with van der Waals surface area (Å²) in [4.78, 5) is 24.3. The molecule has 0 bridgehead atoms. The Labute approximate surface area is 117 Å². The molecule has 104 valence electrons. The number of aliphatic carboxylic acids is 1. The van der Waals surface area contributed by atoms with Crippen LogP contribution in [0.15, 0.2) is 42.5 Å². The minimum absolute atomic E-state index is 0.198. The van der Waals surface area contributed by atoms with E-state index in [0.29, 0.717) is 0 Å². The molecule has 0 aliphatic heterocycles. The fourth-order valence-corrected chi connectivity index (χ4v) is 2.12. The van der Waals surface area contributed by atoms with Gasteiger partial charge < -0.3 is 10.0 Å². The van der Waals surface area contributed by atoms with E-state index in [9.17, 15) is 9.59 Å². The lowest BCUT2D eigenvalue weighted by Gasteiger charge is -2.21. The van der Waals surface area contributed by atoms with Crippen LogP contribution in [0.3, 0.4) is 0 Å². The van der Waals surface area contributed by atoms with Crippen molar-refractivity contribution in [1.82, 2.24) is 4.90 Å². The predicted molar refractivity (Wildman–Crippen MR) is 77.5 cm³/mol. The Bertz CT molecular complexity index is 646. The summed E-state index contributed by atoms with van der Waals surface area (Å²) < 4.78 is 0. The van der Waals surface area contributed by atoms with Gasteiger partial charge in [-0.05, 0) is 23.3 Å². The lowest BCUT2D eigenvalue weighted by Crippen LogP contribution is -2.41. The maximum absolute atomic E-state index is 12.2. The molecule has 0 saturated heterocycles. The van der Waals surface area contributed by atoms with E-state index in [0.717, 1.165) is 16.3 Å². The smallest absolute Gasteiger partial charge is 0.326 e. The van der Waals surface area contributed by atoms with E-state index in [2.05, 4.69) is 0 Å². The minimum atomic E-state index is -1.00. The van der Waals surface area contributed by atoms with Crippen LogP contribution in [0.4, 0.5) is 0 Å². The lowest BCUT2D eigenvalue weighted by atomic mass is 10.0. The van der Waals surface area contributed by atoms with Crippen LogP contribution in [0.1, 0.15) is 12.5 Å². The Morgan fingerprint density at radius 1 is 1.15 bits per heavy atom. The van der Waals surface area contributed by atoms with Crippen molar-refractivity contribution in [3.05, 3.63) is 48.0 Å². The van der Waals surface area contributed by atoms with Crippen LogP contribution in [0.2, 0.25) is 0 Å². The number of carbonyl (C=O) groups is 2. The zero-order chi connectivity index (χ0) is 14.7. The van der Waals surface area contributed by atoms with Crippen molar-refractivity contribution >= 4 is 22.6 Å². The summed E-state index contributed by atoms with van der Waals surface area (Å²) in [5.74, 6) is -1.20. The van der Waals surface area contributed by atoms with Gasteiger partial charge in [0, 0.05) is 7.05 Å². The van der Waals surface area contributed by atoms with Crippen molar-refractivity contribution < 1.29 is 14.7 Å². The molecule has 0 spiro atoms. The number of carboxylic acids is 1. The normalized spacial score (nSPS) is 12.1. The maximum atomic E-state index is 12.2. The van der Waals surface area contributed by atoms with E-state index < -0.39 is 12.0 Å². The second-order valence-electron chi connectivity index (χ2n) is 4.83. The van der Waals surface area contributed by atoms with Crippen LogP contribution in [-0.4, -0.2) is 35.0 Å². The van der Waals surface area contributed by atoms with Crippen molar-refractivity contribution in [2.45, 2.75) is 19.4 Å². The monoisotopic (exact) mass is 271 g/mol. The Morgan fingerprint density at radius 3 is 2.50 bits per heavy atom. The van der Waals surface area contributed by atoms with E-state index in [-0.39, 0.29) is 12.3 Å². The molecule has 4 nitrogen and oxygen atoms in total. The number of carbonyl (C=O) groups excluding carboxylic acids is 1. The molecule has 0 aliphatic carbocycles. The molecule has 0 fully saturated rings. The molecule has 1 unspecified atom stereocenters. The van der Waals surface area contributed by atoms with Gasteiger partial charge >= 0.3 is 5.97 Å². The Morgan fingerprint density at radius 2 is 1.80 bits per heavy atom. The first-order chi connectivity index (χ1) is 9.50. The van der Waals surface area contributed by atoms with E-state index in [4.69, 9.17) is 5.11 Å². The highest BCUT2D eigenvalue weighted by Crippen LogP contribution is 2.19. The molecule has 4 heteroatoms. The fraction of sp³-hybridized carbons (Fsp3) is 0.250. The van der Waals surface area contributed by atoms with Gasteiger partial charge in [0.05, 0.1) is 6.42 Å². The first-order valence-electron chi connectivity index (χ1n) is 6.46. The molecule has 0 saturated carbocycles. The summed E-state index contributed by atoms with van der Waals surface area (Å²) in [7, 11) is 1.52. The van der Waals surface area contributed by atoms with E-state index in [1.54, 1.807) is 0 Å². The number of likely N-dealkylation sites (N-methyl/N-ethyl adjacent to an activating group) is 1. The molecule has 0 aliphatic rings. The van der Waals surface area contributed by atoms with Crippen molar-refractivity contribution in [1.29, 1.82) is 0 Å². The third-order valence-corrected chi connectivity index (χ3v) is 3.55. The summed E-state index contributed by atoms with van der Waals surface area (Å²) in [5, 5.41) is 11.0. The Kier molecular flexibility index (Phi) is 4.03. The van der Waals surface area contributed by atoms with Gasteiger partial charge in [-0.1, -0.05) is 42.5 Å². The number of hydrogen-bond acceptors (Lipinski definition) is 2. The lowest BCUT2D eigenvalue weighted by molar-refractivity contribution is -0.147. The number of benzene rings is 2. The highest BCUT2D eigenvalue weighted by Gasteiger charge is 2.21. The zero-order valence-corrected chi connectivity index (χ0v) is 11.5. The third-order valence-electron chi connectivity index (χ3n) is 3.55. The molecule has 20 heavy (non-hydrogen) atoms. The van der Waals surface area contributed by atoms with Gasteiger partial charge in [0.2, 0.25) is 5.91 Å². The molecule has 2 aromatic carbocycles. The van der Waals surface area contributed by atoms with Gasteiger partial charge in [0.1, 0.15) is 6.04 Å². The molecular formula is C16H17NO3. The average molecular weight is 271 g/mol. The molecule has 0 heterocycles. The van der Waals surface area contributed by atoms with Crippen LogP contribution >= 0.6 is 0 Å². The van der Waals surface area contributed by atoms with Crippen LogP contribution in [0, 0.1) is 0 Å². The molecule has 0 radical (unpaired) electrons. The van der Waals surface area contributed by atoms with Crippen LogP contribution < -0.4 is 0 Å². The van der Waals surface area contributed by atoms with Gasteiger partial charge in [-0.25, -0.2) is 4.79 Å². The van der Waals surface area contributed by atoms with Gasteiger partial charge in [-0.15, -0.1) is 0 Å². The van der Waals surface area contributed by atoms with Gasteiger partial charge in [0.25, 0.3) is 0 Å². The fourth-order valence-electron chi connectivity index (χ4n) is 2.12. The second-order valence-corrected chi connectivity index (χ2v) is 4.83. The Hall–Kier alpha value is -2.36. The molecule has 1 N–H and O–H groups in total. The second kappa shape index (κ2) is 5.74. The minimum Gasteiger partial charge on any atom is -0.480 e. The van der Waals surface area contributed by atoms with Crippen LogP contribution in [0.5, 0.6) is 0 Å². The molecular weight excluding hydrogens is 254 g/mol. The number of nitrogens with zero attached hydrogens (tertiary/aromatic N) is 1. The van der Waals surface area contributed by atoms with E-state index in [1.165, 1.54) is 18.9 Å². The number of carboxylic acid groups (broad SMARTS) is 1. The highest BCUT2D eigenvalue weighted by atomic mass is 16.4. The first kappa shape index (κ1) is 14.1. The first-order valence-corrected chi connectivity index (χ1v) is 6.46. The third kappa shape index (κ3) is 2.79. The van der Waals surface area contributed by atoms with Gasteiger partial charge in [-0.3, -0.25) is 4.79 Å². The number of fused-ring (bicyclic) bond motifs is 1. The highest BCUT2D eigenvalue weighted by molar-refractivity contribution is 5.91. The molecule has 2 aromatic rings. The van der Waals surface area contributed by atoms with Gasteiger partial charge in [0.15, 0.2) is 0 Å². The number of rotatable bonds is 4. The summed E-state index contributed by atoms with van der Waals surface area (Å²) >= 11 is 0. The van der Waals surface area contributed by atoms with E-state index in [1.807, 2.05) is 42.5 Å². The SMILES string of the molecule is CC(C(=O)O)N(C)C(=O)Cc1cccc2ccccc12. The molecule has 1 atom stereocenters. The summed E-state index contributed by atoms with van der Waals surface area (Å²) in [5.41, 5.74) is 0.914. The molecule has 2 rings (SSSR count). The Balaban J connectivity index is 2.24. The van der Waals surface area contributed by atoms with Crippen molar-refractivity contribution in [3.8, 4) is 0 Å². The maximum Gasteiger partial charge on any atom is 0.326 e. The summed E-state index contributed by atoms with van der Waals surface area (Å²) in [6, 6.07) is 12.8. The number of amides is 1. The quantitative estimate of drug-likeness (QED) is 0.928. The molecule has 0 aromatic heterocycles. The van der Waals surface area contributed by atoms with Crippen molar-refractivity contribution in [2.24, 2.45) is 0 Å². The van der Waals surface area contributed by atoms with Crippen LogP contribution in [0.25, 0.3) is 10.8 Å². The summed E-state index contributed by atoms with van der Waals surface area (Å²) in [6.45, 7) is 1.50.